The lowest BCUT2D eigenvalue weighted by atomic mass is 9.97. The minimum atomic E-state index is -1.79. The minimum Gasteiger partial charge on any atom is -0.315 e. The zero-order chi connectivity index (χ0) is 15.9. The highest BCUT2D eigenvalue weighted by atomic mass is 19.2. The van der Waals surface area contributed by atoms with E-state index >= 15 is 0 Å². The summed E-state index contributed by atoms with van der Waals surface area (Å²) in [5.41, 5.74) is -2.17. The SMILES string of the molecule is CC1(C)C(=O)NC(=O)CN1C(=O)c1ccc(F)c(F)c1F. The molecule has 2 rings (SSSR count). The van der Waals surface area contributed by atoms with Crippen molar-refractivity contribution in [2.75, 3.05) is 6.54 Å². The summed E-state index contributed by atoms with van der Waals surface area (Å²) in [7, 11) is 0. The highest BCUT2D eigenvalue weighted by molar-refractivity contribution is 6.08. The van der Waals surface area contributed by atoms with E-state index in [2.05, 4.69) is 0 Å². The van der Waals surface area contributed by atoms with Crippen LogP contribution in [0.4, 0.5) is 13.2 Å². The molecule has 0 saturated carbocycles. The first-order valence-corrected chi connectivity index (χ1v) is 5.96. The molecule has 112 valence electrons. The number of benzene rings is 1. The molecule has 8 heteroatoms. The summed E-state index contributed by atoms with van der Waals surface area (Å²) < 4.78 is 39.7. The number of hydrogen-bond donors (Lipinski definition) is 1. The van der Waals surface area contributed by atoms with E-state index < -0.39 is 52.8 Å². The lowest BCUT2D eigenvalue weighted by Crippen LogP contribution is -2.65. The molecular weight excluding hydrogens is 289 g/mol. The molecule has 0 unspecified atom stereocenters. The smallest absolute Gasteiger partial charge is 0.258 e. The van der Waals surface area contributed by atoms with Gasteiger partial charge in [-0.2, -0.15) is 0 Å². The van der Waals surface area contributed by atoms with Crippen molar-refractivity contribution in [2.24, 2.45) is 0 Å². The first-order valence-electron chi connectivity index (χ1n) is 5.96. The standard InChI is InChI=1S/C13H11F3N2O3/c1-13(2)12(21)17-8(19)5-18(13)11(20)6-3-4-7(14)10(16)9(6)15/h3-4H,5H2,1-2H3,(H,17,19,21). The summed E-state index contributed by atoms with van der Waals surface area (Å²) in [6.45, 7) is 2.21. The number of rotatable bonds is 1. The Hall–Kier alpha value is -2.38. The van der Waals surface area contributed by atoms with Gasteiger partial charge in [0.05, 0.1) is 5.56 Å². The molecule has 1 heterocycles. The largest absolute Gasteiger partial charge is 0.315 e. The number of halogens is 3. The van der Waals surface area contributed by atoms with E-state index in [4.69, 9.17) is 0 Å². The number of nitrogens with one attached hydrogen (secondary N) is 1. The van der Waals surface area contributed by atoms with Gasteiger partial charge in [-0.1, -0.05) is 0 Å². The Morgan fingerprint density at radius 3 is 2.43 bits per heavy atom. The third-order valence-corrected chi connectivity index (χ3v) is 3.30. The second kappa shape index (κ2) is 4.87. The van der Waals surface area contributed by atoms with E-state index in [1.807, 2.05) is 5.32 Å². The van der Waals surface area contributed by atoms with Gasteiger partial charge in [-0.25, -0.2) is 13.2 Å². The number of amides is 3. The fourth-order valence-electron chi connectivity index (χ4n) is 1.95. The van der Waals surface area contributed by atoms with E-state index in [-0.39, 0.29) is 0 Å². The highest BCUT2D eigenvalue weighted by Crippen LogP contribution is 2.23. The number of imide groups is 1. The van der Waals surface area contributed by atoms with Crippen molar-refractivity contribution < 1.29 is 27.6 Å². The second-order valence-corrected chi connectivity index (χ2v) is 5.05. The Kier molecular flexibility index (Phi) is 3.48. The van der Waals surface area contributed by atoms with Crippen LogP contribution >= 0.6 is 0 Å². The van der Waals surface area contributed by atoms with Crippen LogP contribution in [0.3, 0.4) is 0 Å². The van der Waals surface area contributed by atoms with Gasteiger partial charge in [0.1, 0.15) is 12.1 Å². The molecule has 1 aliphatic heterocycles. The van der Waals surface area contributed by atoms with Crippen LogP contribution < -0.4 is 5.32 Å². The Bertz CT molecular complexity index is 658. The topological polar surface area (TPSA) is 66.5 Å². The molecular formula is C13H11F3N2O3. The third kappa shape index (κ3) is 2.37. The Balaban J connectivity index is 2.46. The first kappa shape index (κ1) is 15.0. The molecule has 0 radical (unpaired) electrons. The second-order valence-electron chi connectivity index (χ2n) is 5.05. The summed E-state index contributed by atoms with van der Waals surface area (Å²) in [6.07, 6.45) is 0. The van der Waals surface area contributed by atoms with Crippen molar-refractivity contribution in [1.29, 1.82) is 0 Å². The van der Waals surface area contributed by atoms with E-state index in [0.29, 0.717) is 6.07 Å². The van der Waals surface area contributed by atoms with Crippen LogP contribution in [-0.4, -0.2) is 34.7 Å². The average molecular weight is 300 g/mol. The molecule has 0 spiro atoms. The molecule has 1 saturated heterocycles. The van der Waals surface area contributed by atoms with Crippen LogP contribution in [0.15, 0.2) is 12.1 Å². The molecule has 1 aliphatic rings. The van der Waals surface area contributed by atoms with Gasteiger partial charge in [0.15, 0.2) is 17.5 Å². The maximum absolute atomic E-state index is 13.7. The highest BCUT2D eigenvalue weighted by Gasteiger charge is 2.44. The summed E-state index contributed by atoms with van der Waals surface area (Å²) in [6, 6.07) is 1.37. The van der Waals surface area contributed by atoms with Gasteiger partial charge >= 0.3 is 0 Å². The Labute approximate surface area is 117 Å². The normalized spacial score (nSPS) is 17.7. The fourth-order valence-corrected chi connectivity index (χ4v) is 1.95. The quantitative estimate of drug-likeness (QED) is 0.621. The molecule has 0 aromatic heterocycles. The molecule has 3 amide bonds. The molecule has 21 heavy (non-hydrogen) atoms. The molecule has 1 fully saturated rings. The monoisotopic (exact) mass is 300 g/mol. The summed E-state index contributed by atoms with van der Waals surface area (Å²) >= 11 is 0. The van der Waals surface area contributed by atoms with Crippen LogP contribution in [0, 0.1) is 17.5 Å². The van der Waals surface area contributed by atoms with Crippen molar-refractivity contribution in [2.45, 2.75) is 19.4 Å². The third-order valence-electron chi connectivity index (χ3n) is 3.30. The van der Waals surface area contributed by atoms with Crippen LogP contribution in [0.1, 0.15) is 24.2 Å². The Morgan fingerprint density at radius 1 is 1.19 bits per heavy atom. The predicted molar refractivity (Wildman–Crippen MR) is 64.6 cm³/mol. The lowest BCUT2D eigenvalue weighted by Gasteiger charge is -2.40. The molecule has 0 aliphatic carbocycles. The molecule has 1 aromatic carbocycles. The van der Waals surface area contributed by atoms with Gasteiger partial charge in [0, 0.05) is 0 Å². The molecule has 1 N–H and O–H groups in total. The van der Waals surface area contributed by atoms with Gasteiger partial charge in [-0.05, 0) is 26.0 Å². The number of nitrogens with zero attached hydrogens (tertiary/aromatic N) is 1. The van der Waals surface area contributed by atoms with Crippen molar-refractivity contribution in [3.63, 3.8) is 0 Å². The average Bonchev–Trinajstić information content (AvgIpc) is 2.40. The van der Waals surface area contributed by atoms with Gasteiger partial charge in [0.2, 0.25) is 5.91 Å². The minimum absolute atomic E-state index is 0.490. The molecule has 1 aromatic rings. The van der Waals surface area contributed by atoms with Crippen LogP contribution in [0.5, 0.6) is 0 Å². The maximum Gasteiger partial charge on any atom is 0.258 e. The van der Waals surface area contributed by atoms with Gasteiger partial charge in [-0.15, -0.1) is 0 Å². The number of carbonyl (C=O) groups excluding carboxylic acids is 3. The molecule has 0 bridgehead atoms. The fraction of sp³-hybridized carbons (Fsp3) is 0.308. The zero-order valence-electron chi connectivity index (χ0n) is 11.2. The maximum atomic E-state index is 13.7. The van der Waals surface area contributed by atoms with Crippen LogP contribution in [0.25, 0.3) is 0 Å². The zero-order valence-corrected chi connectivity index (χ0v) is 11.2. The Morgan fingerprint density at radius 2 is 1.81 bits per heavy atom. The van der Waals surface area contributed by atoms with Gasteiger partial charge in [-0.3, -0.25) is 19.7 Å². The number of carbonyl (C=O) groups is 3. The number of hydrogen-bond acceptors (Lipinski definition) is 3. The molecule has 5 nitrogen and oxygen atoms in total. The van der Waals surface area contributed by atoms with E-state index in [1.54, 1.807) is 0 Å². The van der Waals surface area contributed by atoms with Gasteiger partial charge < -0.3 is 4.90 Å². The van der Waals surface area contributed by atoms with Crippen molar-refractivity contribution >= 4 is 17.7 Å². The van der Waals surface area contributed by atoms with Gasteiger partial charge in [0.25, 0.3) is 11.8 Å². The summed E-state index contributed by atoms with van der Waals surface area (Å²) in [4.78, 5) is 36.1. The summed E-state index contributed by atoms with van der Waals surface area (Å²) in [5.74, 6) is -7.43. The van der Waals surface area contributed by atoms with Crippen LogP contribution in [-0.2, 0) is 9.59 Å². The first-order chi connectivity index (χ1) is 9.66. The van der Waals surface area contributed by atoms with Crippen molar-refractivity contribution in [3.05, 3.63) is 35.1 Å². The number of piperazine rings is 1. The van der Waals surface area contributed by atoms with Crippen LogP contribution in [0.2, 0.25) is 0 Å². The molecule has 0 atom stereocenters. The predicted octanol–water partition coefficient (Wildman–Crippen LogP) is 0.981. The summed E-state index contributed by atoms with van der Waals surface area (Å²) in [5, 5.41) is 2.04. The van der Waals surface area contributed by atoms with Crippen molar-refractivity contribution in [3.8, 4) is 0 Å². The van der Waals surface area contributed by atoms with E-state index in [1.165, 1.54) is 13.8 Å². The lowest BCUT2D eigenvalue weighted by molar-refractivity contribution is -0.143. The van der Waals surface area contributed by atoms with Crippen molar-refractivity contribution in [1.82, 2.24) is 10.2 Å². The van der Waals surface area contributed by atoms with E-state index in [0.717, 1.165) is 11.0 Å². The van der Waals surface area contributed by atoms with E-state index in [9.17, 15) is 27.6 Å².